The zero-order chi connectivity index (χ0) is 18.4. The third-order valence-electron chi connectivity index (χ3n) is 3.84. The molecule has 0 saturated heterocycles. The van der Waals surface area contributed by atoms with Crippen LogP contribution in [-0.2, 0) is 11.2 Å². The Labute approximate surface area is 150 Å². The third kappa shape index (κ3) is 4.60. The number of carbonyl (C=O) groups is 2. The molecule has 26 heavy (non-hydrogen) atoms. The quantitative estimate of drug-likeness (QED) is 0.537. The van der Waals surface area contributed by atoms with Crippen molar-refractivity contribution < 1.29 is 14.3 Å². The Morgan fingerprint density at radius 2 is 2.00 bits per heavy atom. The number of aryl methyl sites for hydroxylation is 1. The molecule has 4 N–H and O–H groups in total. The number of amides is 2. The minimum Gasteiger partial charge on any atom is -0.484 e. The van der Waals surface area contributed by atoms with Crippen LogP contribution in [0, 0.1) is 0 Å². The molecule has 0 spiro atoms. The van der Waals surface area contributed by atoms with Crippen molar-refractivity contribution in [2.24, 2.45) is 5.73 Å². The maximum Gasteiger partial charge on any atom is 0.257 e. The number of benzene rings is 2. The van der Waals surface area contributed by atoms with Gasteiger partial charge in [0, 0.05) is 18.5 Å². The normalized spacial score (nSPS) is 10.6. The van der Waals surface area contributed by atoms with Crippen LogP contribution in [0.5, 0.6) is 5.75 Å². The second-order valence-electron chi connectivity index (χ2n) is 5.83. The van der Waals surface area contributed by atoms with Gasteiger partial charge in [0.2, 0.25) is 5.91 Å². The Hall–Kier alpha value is -3.35. The summed E-state index contributed by atoms with van der Waals surface area (Å²) in [5.74, 6) is 0.572. The van der Waals surface area contributed by atoms with Gasteiger partial charge < -0.3 is 20.8 Å². The highest BCUT2D eigenvalue weighted by molar-refractivity contribution is 5.93. The lowest BCUT2D eigenvalue weighted by molar-refractivity contribution is -0.123. The van der Waals surface area contributed by atoms with Crippen molar-refractivity contribution in [1.29, 1.82) is 0 Å². The fourth-order valence-corrected chi connectivity index (χ4v) is 2.55. The molecule has 134 valence electrons. The Balaban J connectivity index is 1.39. The largest absolute Gasteiger partial charge is 0.484 e. The monoisotopic (exact) mass is 352 g/mol. The van der Waals surface area contributed by atoms with Gasteiger partial charge in [0.1, 0.15) is 11.6 Å². The molecule has 1 aromatic heterocycles. The number of nitrogens with two attached hydrogens (primary N) is 1. The highest BCUT2D eigenvalue weighted by Crippen LogP contribution is 2.13. The number of rotatable bonds is 8. The molecule has 7 heteroatoms. The number of carbonyl (C=O) groups excluding carboxylic acids is 2. The van der Waals surface area contributed by atoms with Crippen LogP contribution >= 0.6 is 0 Å². The van der Waals surface area contributed by atoms with Gasteiger partial charge in [-0.15, -0.1) is 0 Å². The van der Waals surface area contributed by atoms with Gasteiger partial charge >= 0.3 is 0 Å². The summed E-state index contributed by atoms with van der Waals surface area (Å²) in [4.78, 5) is 30.7. The van der Waals surface area contributed by atoms with Gasteiger partial charge in [-0.3, -0.25) is 9.59 Å². The van der Waals surface area contributed by atoms with Crippen LogP contribution in [0.2, 0.25) is 0 Å². The number of ether oxygens (including phenoxy) is 1. The van der Waals surface area contributed by atoms with E-state index in [9.17, 15) is 9.59 Å². The molecule has 0 unspecified atom stereocenters. The van der Waals surface area contributed by atoms with E-state index in [0.29, 0.717) is 17.9 Å². The number of fused-ring (bicyclic) bond motifs is 1. The molecule has 2 aromatic carbocycles. The van der Waals surface area contributed by atoms with Crippen LogP contribution in [0.15, 0.2) is 48.5 Å². The minimum absolute atomic E-state index is 0.118. The summed E-state index contributed by atoms with van der Waals surface area (Å²) in [6, 6.07) is 14.3. The Kier molecular flexibility index (Phi) is 5.48. The molecule has 0 fully saturated rings. The summed E-state index contributed by atoms with van der Waals surface area (Å²) < 4.78 is 5.38. The van der Waals surface area contributed by atoms with Crippen molar-refractivity contribution in [3.63, 3.8) is 0 Å². The summed E-state index contributed by atoms with van der Waals surface area (Å²) in [5.41, 5.74) is 7.51. The molecule has 0 aliphatic carbocycles. The first-order valence-corrected chi connectivity index (χ1v) is 8.35. The molecule has 0 atom stereocenters. The van der Waals surface area contributed by atoms with E-state index < -0.39 is 5.91 Å². The van der Waals surface area contributed by atoms with E-state index >= 15 is 0 Å². The third-order valence-corrected chi connectivity index (χ3v) is 3.84. The van der Waals surface area contributed by atoms with Crippen LogP contribution in [0.25, 0.3) is 11.0 Å². The number of hydrogen-bond donors (Lipinski definition) is 3. The minimum atomic E-state index is -0.537. The topological polar surface area (TPSA) is 110 Å². The van der Waals surface area contributed by atoms with Crippen molar-refractivity contribution in [3.8, 4) is 5.75 Å². The predicted octanol–water partition coefficient (Wildman–Crippen LogP) is 1.79. The number of aromatic nitrogens is 2. The van der Waals surface area contributed by atoms with E-state index in [1.807, 2.05) is 24.3 Å². The number of primary amides is 1. The zero-order valence-corrected chi connectivity index (χ0v) is 14.2. The SMILES string of the molecule is NC(=O)c1cccc(OCC(=O)NCCCc2nc3ccccc3[nH]2)c1. The Bertz CT molecular complexity index is 887. The number of hydrogen-bond acceptors (Lipinski definition) is 4. The van der Waals surface area contributed by atoms with Gasteiger partial charge in [-0.25, -0.2) is 4.98 Å². The second-order valence-corrected chi connectivity index (χ2v) is 5.83. The van der Waals surface area contributed by atoms with Crippen molar-refractivity contribution in [2.75, 3.05) is 13.2 Å². The van der Waals surface area contributed by atoms with Gasteiger partial charge in [-0.05, 0) is 36.8 Å². The van der Waals surface area contributed by atoms with Crippen molar-refractivity contribution >= 4 is 22.8 Å². The van der Waals surface area contributed by atoms with Crippen LogP contribution in [-0.4, -0.2) is 34.9 Å². The number of para-hydroxylation sites is 2. The highest BCUT2D eigenvalue weighted by Gasteiger charge is 2.06. The summed E-state index contributed by atoms with van der Waals surface area (Å²) in [6.07, 6.45) is 1.51. The van der Waals surface area contributed by atoms with Crippen molar-refractivity contribution in [3.05, 3.63) is 59.9 Å². The zero-order valence-electron chi connectivity index (χ0n) is 14.2. The average molecular weight is 352 g/mol. The molecule has 0 saturated carbocycles. The van der Waals surface area contributed by atoms with Crippen molar-refractivity contribution in [2.45, 2.75) is 12.8 Å². The molecule has 3 aromatic rings. The summed E-state index contributed by atoms with van der Waals surface area (Å²) in [7, 11) is 0. The molecule has 0 radical (unpaired) electrons. The molecule has 3 rings (SSSR count). The molecule has 7 nitrogen and oxygen atoms in total. The van der Waals surface area contributed by atoms with E-state index in [1.54, 1.807) is 18.2 Å². The van der Waals surface area contributed by atoms with Crippen LogP contribution in [0.1, 0.15) is 22.6 Å². The van der Waals surface area contributed by atoms with Crippen LogP contribution in [0.3, 0.4) is 0 Å². The van der Waals surface area contributed by atoms with Gasteiger partial charge in [-0.2, -0.15) is 0 Å². The lowest BCUT2D eigenvalue weighted by atomic mass is 10.2. The van der Waals surface area contributed by atoms with Gasteiger partial charge in [-0.1, -0.05) is 18.2 Å². The van der Waals surface area contributed by atoms with E-state index in [1.165, 1.54) is 6.07 Å². The lowest BCUT2D eigenvalue weighted by Gasteiger charge is -2.08. The summed E-state index contributed by atoms with van der Waals surface area (Å²) in [5, 5.41) is 2.80. The Morgan fingerprint density at radius 1 is 1.15 bits per heavy atom. The molecule has 0 aliphatic rings. The molecule has 0 aliphatic heterocycles. The molecular weight excluding hydrogens is 332 g/mol. The number of aromatic amines is 1. The smallest absolute Gasteiger partial charge is 0.257 e. The maximum absolute atomic E-state index is 11.8. The van der Waals surface area contributed by atoms with Crippen LogP contribution in [0.4, 0.5) is 0 Å². The standard InChI is InChI=1S/C19H20N4O3/c20-19(25)13-5-3-6-14(11-13)26-12-18(24)21-10-4-9-17-22-15-7-1-2-8-16(15)23-17/h1-3,5-8,11H,4,9-10,12H2,(H2,20,25)(H,21,24)(H,22,23). The first-order valence-electron chi connectivity index (χ1n) is 8.35. The fraction of sp³-hybridized carbons (Fsp3) is 0.211. The fourth-order valence-electron chi connectivity index (χ4n) is 2.55. The lowest BCUT2D eigenvalue weighted by Crippen LogP contribution is -2.30. The number of imidazole rings is 1. The second kappa shape index (κ2) is 8.15. The maximum atomic E-state index is 11.8. The van der Waals surface area contributed by atoms with Crippen molar-refractivity contribution in [1.82, 2.24) is 15.3 Å². The van der Waals surface area contributed by atoms with Gasteiger partial charge in [0.15, 0.2) is 6.61 Å². The number of H-pyrrole nitrogens is 1. The van der Waals surface area contributed by atoms with E-state index in [4.69, 9.17) is 10.5 Å². The molecule has 0 bridgehead atoms. The Morgan fingerprint density at radius 3 is 2.81 bits per heavy atom. The number of nitrogens with one attached hydrogen (secondary N) is 2. The van der Waals surface area contributed by atoms with Gasteiger partial charge in [0.05, 0.1) is 11.0 Å². The molecule has 1 heterocycles. The van der Waals surface area contributed by atoms with Gasteiger partial charge in [0.25, 0.3) is 5.91 Å². The van der Waals surface area contributed by atoms with E-state index in [0.717, 1.165) is 29.7 Å². The summed E-state index contributed by atoms with van der Waals surface area (Å²) in [6.45, 7) is 0.410. The predicted molar refractivity (Wildman–Crippen MR) is 97.9 cm³/mol. The average Bonchev–Trinajstić information content (AvgIpc) is 3.06. The molecule has 2 amide bonds. The van der Waals surface area contributed by atoms with Crippen LogP contribution < -0.4 is 15.8 Å². The number of nitrogens with zero attached hydrogens (tertiary/aromatic N) is 1. The molecular formula is C19H20N4O3. The first-order chi connectivity index (χ1) is 12.6. The highest BCUT2D eigenvalue weighted by atomic mass is 16.5. The van der Waals surface area contributed by atoms with E-state index in [-0.39, 0.29) is 12.5 Å². The van der Waals surface area contributed by atoms with E-state index in [2.05, 4.69) is 15.3 Å². The first kappa shape index (κ1) is 17.5. The summed E-state index contributed by atoms with van der Waals surface area (Å²) >= 11 is 0.